The van der Waals surface area contributed by atoms with Crippen molar-refractivity contribution in [1.29, 1.82) is 0 Å². The number of benzene rings is 3. The fourth-order valence-electron chi connectivity index (χ4n) is 3.10. The number of thiazole rings is 1. The number of anilines is 1. The van der Waals surface area contributed by atoms with E-state index in [9.17, 15) is 18.5 Å². The summed E-state index contributed by atoms with van der Waals surface area (Å²) in [5.74, 6) is 0.265. The first-order valence-corrected chi connectivity index (χ1v) is 12.7. The fraction of sp³-hybridized carbons (Fsp3) is 0.0833. The van der Waals surface area contributed by atoms with Gasteiger partial charge in [0, 0.05) is 23.1 Å². The first kappa shape index (κ1) is 24.8. The molecule has 0 saturated carbocycles. The van der Waals surface area contributed by atoms with E-state index in [1.807, 2.05) is 6.92 Å². The summed E-state index contributed by atoms with van der Waals surface area (Å²) in [4.78, 5) is 15.0. The highest BCUT2D eigenvalue weighted by molar-refractivity contribution is 7.87. The second-order valence-corrected chi connectivity index (χ2v) is 9.88. The molecule has 0 radical (unpaired) electrons. The monoisotopic (exact) mass is 524 g/mol. The maximum atomic E-state index is 12.6. The molecule has 4 aromatic rings. The van der Waals surface area contributed by atoms with Crippen LogP contribution in [0.4, 0.5) is 10.8 Å². The molecular weight excluding hydrogens is 504 g/mol. The highest BCUT2D eigenvalue weighted by Crippen LogP contribution is 2.31. The molecule has 1 N–H and O–H groups in total. The fourth-order valence-corrected chi connectivity index (χ4v) is 4.71. The number of hydrogen-bond acceptors (Lipinski definition) is 10. The van der Waals surface area contributed by atoms with Gasteiger partial charge in [-0.1, -0.05) is 29.8 Å². The lowest BCUT2D eigenvalue weighted by Gasteiger charge is -2.11. The van der Waals surface area contributed by atoms with Crippen molar-refractivity contribution >= 4 is 38.5 Å². The zero-order chi connectivity index (χ0) is 25.7. The molecule has 36 heavy (non-hydrogen) atoms. The van der Waals surface area contributed by atoms with Crippen LogP contribution in [0.5, 0.6) is 11.5 Å². The van der Waals surface area contributed by atoms with E-state index in [1.165, 1.54) is 55.0 Å². The summed E-state index contributed by atoms with van der Waals surface area (Å²) in [6, 6.07) is 17.2. The Kier molecular flexibility index (Phi) is 7.27. The maximum absolute atomic E-state index is 12.6. The Morgan fingerprint density at radius 1 is 1.08 bits per heavy atom. The minimum absolute atomic E-state index is 0.0129. The molecule has 0 aliphatic rings. The predicted octanol–water partition coefficient (Wildman–Crippen LogP) is 5.25. The summed E-state index contributed by atoms with van der Waals surface area (Å²) in [7, 11) is -2.62. The lowest BCUT2D eigenvalue weighted by Crippen LogP contribution is -2.10. The molecule has 0 saturated heterocycles. The Morgan fingerprint density at radius 3 is 2.58 bits per heavy atom. The molecule has 4 rings (SSSR count). The average Bonchev–Trinajstić information content (AvgIpc) is 3.34. The zero-order valence-electron chi connectivity index (χ0n) is 19.1. The molecule has 3 aromatic carbocycles. The van der Waals surface area contributed by atoms with Crippen LogP contribution < -0.4 is 14.3 Å². The number of rotatable bonds is 9. The van der Waals surface area contributed by atoms with Crippen LogP contribution in [0.2, 0.25) is 0 Å². The van der Waals surface area contributed by atoms with E-state index in [0.717, 1.165) is 5.56 Å². The second-order valence-electron chi connectivity index (χ2n) is 7.48. The molecule has 10 nitrogen and oxygen atoms in total. The Bertz CT molecular complexity index is 1530. The van der Waals surface area contributed by atoms with Gasteiger partial charge in [-0.05, 0) is 42.8 Å². The van der Waals surface area contributed by atoms with Crippen molar-refractivity contribution in [2.24, 2.45) is 5.10 Å². The second kappa shape index (κ2) is 10.5. The average molecular weight is 525 g/mol. The van der Waals surface area contributed by atoms with E-state index in [1.54, 1.807) is 41.8 Å². The molecule has 0 fully saturated rings. The van der Waals surface area contributed by atoms with E-state index in [4.69, 9.17) is 8.92 Å². The van der Waals surface area contributed by atoms with Crippen LogP contribution in [0.15, 0.2) is 82.1 Å². The first-order chi connectivity index (χ1) is 17.2. The molecule has 0 aliphatic carbocycles. The van der Waals surface area contributed by atoms with E-state index in [-0.39, 0.29) is 22.1 Å². The summed E-state index contributed by atoms with van der Waals surface area (Å²) in [5, 5.41) is 17.4. The summed E-state index contributed by atoms with van der Waals surface area (Å²) < 4.78 is 35.8. The molecule has 0 amide bonds. The van der Waals surface area contributed by atoms with E-state index < -0.39 is 15.0 Å². The normalized spacial score (nSPS) is 11.4. The van der Waals surface area contributed by atoms with Gasteiger partial charge in [0.1, 0.15) is 4.90 Å². The Hall–Kier alpha value is -4.29. The standard InChI is InChI=1S/C24H20N4O6S2/c1-16-6-9-20(10-7-16)36(31,32)34-22-11-8-17(12-23(22)33-2)14-25-27-24-26-21(15-35-24)18-4-3-5-19(13-18)28(29)30/h3-15H,1-2H3,(H,26,27)/b25-14-. The molecule has 1 aromatic heterocycles. The molecule has 0 unspecified atom stereocenters. The van der Waals surface area contributed by atoms with Crippen molar-refractivity contribution in [3.8, 4) is 22.8 Å². The van der Waals surface area contributed by atoms with E-state index in [2.05, 4.69) is 15.5 Å². The Balaban J connectivity index is 1.45. The van der Waals surface area contributed by atoms with Gasteiger partial charge in [0.15, 0.2) is 11.5 Å². The molecule has 0 aliphatic heterocycles. The summed E-state index contributed by atoms with van der Waals surface area (Å²) in [6.07, 6.45) is 1.51. The summed E-state index contributed by atoms with van der Waals surface area (Å²) in [5.41, 5.74) is 5.56. The van der Waals surface area contributed by atoms with Gasteiger partial charge in [-0.25, -0.2) is 4.98 Å². The number of nitrogens with zero attached hydrogens (tertiary/aromatic N) is 3. The number of hydrogen-bond donors (Lipinski definition) is 1. The molecule has 12 heteroatoms. The first-order valence-electron chi connectivity index (χ1n) is 10.4. The van der Waals surface area contributed by atoms with Gasteiger partial charge in [-0.2, -0.15) is 13.5 Å². The number of ether oxygens (including phenoxy) is 1. The smallest absolute Gasteiger partial charge is 0.339 e. The van der Waals surface area contributed by atoms with Crippen molar-refractivity contribution < 1.29 is 22.3 Å². The number of nitro benzene ring substituents is 1. The van der Waals surface area contributed by atoms with Gasteiger partial charge in [0.25, 0.3) is 5.69 Å². The summed E-state index contributed by atoms with van der Waals surface area (Å²) >= 11 is 1.29. The molecule has 1 heterocycles. The Morgan fingerprint density at radius 2 is 1.86 bits per heavy atom. The third kappa shape index (κ3) is 5.85. The molecule has 0 bridgehead atoms. The van der Waals surface area contributed by atoms with E-state index >= 15 is 0 Å². The van der Waals surface area contributed by atoms with Crippen LogP contribution in [-0.2, 0) is 10.1 Å². The minimum Gasteiger partial charge on any atom is -0.493 e. The van der Waals surface area contributed by atoms with Crippen LogP contribution in [0.3, 0.4) is 0 Å². The number of non-ortho nitro benzene ring substituents is 1. The Labute approximate surface area is 211 Å². The van der Waals surface area contributed by atoms with E-state index in [0.29, 0.717) is 22.0 Å². The number of aryl methyl sites for hydroxylation is 1. The van der Waals surface area contributed by atoms with Gasteiger partial charge >= 0.3 is 10.1 Å². The van der Waals surface area contributed by atoms with Gasteiger partial charge in [-0.3, -0.25) is 15.5 Å². The van der Waals surface area contributed by atoms with Crippen LogP contribution in [0.25, 0.3) is 11.3 Å². The van der Waals surface area contributed by atoms with Gasteiger partial charge < -0.3 is 8.92 Å². The molecule has 184 valence electrons. The largest absolute Gasteiger partial charge is 0.493 e. The van der Waals surface area contributed by atoms with Crippen molar-refractivity contribution in [3.63, 3.8) is 0 Å². The van der Waals surface area contributed by atoms with Crippen molar-refractivity contribution in [1.82, 2.24) is 4.98 Å². The number of nitro groups is 1. The van der Waals surface area contributed by atoms with Crippen molar-refractivity contribution in [3.05, 3.63) is 93.4 Å². The maximum Gasteiger partial charge on any atom is 0.339 e. The van der Waals surface area contributed by atoms with Gasteiger partial charge in [0.2, 0.25) is 5.13 Å². The highest BCUT2D eigenvalue weighted by atomic mass is 32.2. The van der Waals surface area contributed by atoms with Crippen LogP contribution in [0.1, 0.15) is 11.1 Å². The number of hydrazone groups is 1. The molecule has 0 spiro atoms. The lowest BCUT2D eigenvalue weighted by atomic mass is 10.1. The molecule has 0 atom stereocenters. The summed E-state index contributed by atoms with van der Waals surface area (Å²) in [6.45, 7) is 1.86. The van der Waals surface area contributed by atoms with Crippen LogP contribution in [0, 0.1) is 17.0 Å². The predicted molar refractivity (Wildman–Crippen MR) is 137 cm³/mol. The van der Waals surface area contributed by atoms with Crippen LogP contribution >= 0.6 is 11.3 Å². The van der Waals surface area contributed by atoms with Gasteiger partial charge in [0.05, 0.1) is 23.9 Å². The highest BCUT2D eigenvalue weighted by Gasteiger charge is 2.19. The van der Waals surface area contributed by atoms with Gasteiger partial charge in [-0.15, -0.1) is 11.3 Å². The zero-order valence-corrected chi connectivity index (χ0v) is 20.7. The minimum atomic E-state index is -4.03. The third-order valence-corrected chi connectivity index (χ3v) is 6.92. The molecular formula is C24H20N4O6S2. The van der Waals surface area contributed by atoms with Crippen molar-refractivity contribution in [2.45, 2.75) is 11.8 Å². The SMILES string of the molecule is COc1cc(/C=N\Nc2nc(-c3cccc([N+](=O)[O-])c3)cs2)ccc1OS(=O)(=O)c1ccc(C)cc1. The quantitative estimate of drug-likeness (QED) is 0.136. The lowest BCUT2D eigenvalue weighted by molar-refractivity contribution is -0.384. The number of nitrogens with one attached hydrogen (secondary N) is 1. The number of aromatic nitrogens is 1. The topological polar surface area (TPSA) is 133 Å². The number of methoxy groups -OCH3 is 1. The van der Waals surface area contributed by atoms with Crippen LogP contribution in [-0.4, -0.2) is 31.6 Å². The van der Waals surface area contributed by atoms with Crippen molar-refractivity contribution in [2.75, 3.05) is 12.5 Å². The third-order valence-electron chi connectivity index (χ3n) is 4.93.